The maximum Gasteiger partial charge on any atom is 0.133 e. The molecule has 1 aromatic heterocycles. The molecule has 25 heavy (non-hydrogen) atoms. The van der Waals surface area contributed by atoms with Crippen LogP contribution >= 0.6 is 0 Å². The molecule has 3 fully saturated rings. The SMILES string of the molecule is CC[C@H]1CC2CN3CCc4c([nH]c5ccc(OC)cc45)[C@@](C=O)(C2)C13. The largest absolute Gasteiger partial charge is 0.497 e. The van der Waals surface area contributed by atoms with Crippen molar-refractivity contribution in [3.05, 3.63) is 29.5 Å². The molecule has 1 N–H and O–H groups in total. The number of ether oxygens (including phenoxy) is 1. The molecule has 4 nitrogen and oxygen atoms in total. The van der Waals surface area contributed by atoms with Gasteiger partial charge in [0.25, 0.3) is 0 Å². The fourth-order valence-corrected chi connectivity index (χ4v) is 6.18. The summed E-state index contributed by atoms with van der Waals surface area (Å²) < 4.78 is 5.44. The molecule has 5 atom stereocenters. The van der Waals surface area contributed by atoms with Crippen molar-refractivity contribution < 1.29 is 9.53 Å². The summed E-state index contributed by atoms with van der Waals surface area (Å²) in [7, 11) is 1.71. The maximum absolute atomic E-state index is 12.6. The van der Waals surface area contributed by atoms with Crippen LogP contribution < -0.4 is 4.74 Å². The Bertz CT molecular complexity index is 842. The molecule has 4 aliphatic rings. The van der Waals surface area contributed by atoms with E-state index in [0.717, 1.165) is 37.1 Å². The molecule has 132 valence electrons. The highest BCUT2D eigenvalue weighted by atomic mass is 16.5. The fraction of sp³-hybridized carbons (Fsp3) is 0.571. The quantitative estimate of drug-likeness (QED) is 0.874. The van der Waals surface area contributed by atoms with E-state index in [9.17, 15) is 4.79 Å². The second-order valence-corrected chi connectivity index (χ2v) is 8.21. The van der Waals surface area contributed by atoms with Gasteiger partial charge in [-0.15, -0.1) is 0 Å². The van der Waals surface area contributed by atoms with Crippen LogP contribution in [0.5, 0.6) is 5.75 Å². The molecule has 6 rings (SSSR count). The summed E-state index contributed by atoms with van der Waals surface area (Å²) in [4.78, 5) is 18.9. The standard InChI is InChI=1S/C21H26N2O2/c1-3-14-8-13-10-21(12-24)19-16(6-7-23(11-13)20(14)21)17-9-15(25-2)4-5-18(17)22-19/h4-5,9,12-14,20,22H,3,6-8,10-11H2,1-2H3/t13?,14-,20?,21-/m0/s1. The molecule has 4 bridgehead atoms. The summed E-state index contributed by atoms with van der Waals surface area (Å²) in [6.45, 7) is 4.51. The third-order valence-electron chi connectivity index (χ3n) is 7.09. The molecule has 0 spiro atoms. The number of carbonyl (C=O) groups is 1. The zero-order valence-electron chi connectivity index (χ0n) is 15.0. The number of aromatic amines is 1. The van der Waals surface area contributed by atoms with Gasteiger partial charge in [-0.1, -0.05) is 13.3 Å². The number of H-pyrrole nitrogens is 1. The number of aldehydes is 1. The first-order valence-corrected chi connectivity index (χ1v) is 9.59. The van der Waals surface area contributed by atoms with Gasteiger partial charge in [-0.3, -0.25) is 4.90 Å². The van der Waals surface area contributed by atoms with Gasteiger partial charge in [-0.25, -0.2) is 0 Å². The van der Waals surface area contributed by atoms with Gasteiger partial charge in [-0.05, 0) is 54.9 Å². The maximum atomic E-state index is 12.6. The van der Waals surface area contributed by atoms with E-state index in [4.69, 9.17) is 4.74 Å². The Morgan fingerprint density at radius 2 is 2.32 bits per heavy atom. The number of hydrogen-bond acceptors (Lipinski definition) is 3. The lowest BCUT2D eigenvalue weighted by Crippen LogP contribution is -2.65. The lowest BCUT2D eigenvalue weighted by atomic mass is 9.57. The predicted octanol–water partition coefficient (Wildman–Crippen LogP) is 3.29. The zero-order chi connectivity index (χ0) is 17.2. The van der Waals surface area contributed by atoms with Crippen LogP contribution in [0, 0.1) is 11.8 Å². The summed E-state index contributed by atoms with van der Waals surface area (Å²) >= 11 is 0. The highest BCUT2D eigenvalue weighted by Crippen LogP contribution is 2.53. The summed E-state index contributed by atoms with van der Waals surface area (Å²) in [5.41, 5.74) is 3.31. The smallest absolute Gasteiger partial charge is 0.133 e. The molecule has 3 unspecified atom stereocenters. The van der Waals surface area contributed by atoms with Gasteiger partial charge in [-0.2, -0.15) is 0 Å². The normalized spacial score (nSPS) is 36.1. The minimum Gasteiger partial charge on any atom is -0.497 e. The number of carbonyl (C=O) groups excluding carboxylic acids is 1. The van der Waals surface area contributed by atoms with E-state index in [0.29, 0.717) is 17.9 Å². The van der Waals surface area contributed by atoms with E-state index >= 15 is 0 Å². The number of aromatic nitrogens is 1. The van der Waals surface area contributed by atoms with Crippen molar-refractivity contribution >= 4 is 17.2 Å². The van der Waals surface area contributed by atoms with E-state index in [1.165, 1.54) is 35.9 Å². The monoisotopic (exact) mass is 338 g/mol. The van der Waals surface area contributed by atoms with Crippen molar-refractivity contribution in [3.63, 3.8) is 0 Å². The molecule has 4 heteroatoms. The van der Waals surface area contributed by atoms with E-state index in [1.54, 1.807) is 7.11 Å². The topological polar surface area (TPSA) is 45.3 Å². The van der Waals surface area contributed by atoms with Gasteiger partial charge in [0.05, 0.1) is 12.5 Å². The Balaban J connectivity index is 1.76. The molecule has 4 heterocycles. The van der Waals surface area contributed by atoms with Crippen LogP contribution in [0.15, 0.2) is 18.2 Å². The van der Waals surface area contributed by atoms with E-state index < -0.39 is 0 Å². The van der Waals surface area contributed by atoms with E-state index in [1.807, 2.05) is 6.07 Å². The van der Waals surface area contributed by atoms with Gasteiger partial charge in [0.1, 0.15) is 12.0 Å². The van der Waals surface area contributed by atoms with E-state index in [2.05, 4.69) is 28.9 Å². The number of rotatable bonds is 3. The van der Waals surface area contributed by atoms with Gasteiger partial charge in [0.2, 0.25) is 0 Å². The first kappa shape index (κ1) is 15.4. The molecule has 2 aromatic rings. The van der Waals surface area contributed by atoms with Crippen LogP contribution in [0.3, 0.4) is 0 Å². The number of piperidine rings is 2. The van der Waals surface area contributed by atoms with Crippen molar-refractivity contribution in [2.24, 2.45) is 11.8 Å². The predicted molar refractivity (Wildman–Crippen MR) is 98.2 cm³/mol. The van der Waals surface area contributed by atoms with E-state index in [-0.39, 0.29) is 5.41 Å². The lowest BCUT2D eigenvalue weighted by Gasteiger charge is -2.57. The van der Waals surface area contributed by atoms with Crippen molar-refractivity contribution in [3.8, 4) is 5.75 Å². The minimum atomic E-state index is -0.361. The van der Waals surface area contributed by atoms with Crippen LogP contribution in [0.1, 0.15) is 37.4 Å². The Morgan fingerprint density at radius 1 is 1.44 bits per heavy atom. The number of methoxy groups -OCH3 is 1. The van der Waals surface area contributed by atoms with Crippen molar-refractivity contribution in [1.82, 2.24) is 9.88 Å². The number of benzene rings is 1. The Hall–Kier alpha value is -1.81. The fourth-order valence-electron chi connectivity index (χ4n) is 6.18. The third-order valence-corrected chi connectivity index (χ3v) is 7.09. The van der Waals surface area contributed by atoms with Crippen LogP contribution in [-0.2, 0) is 16.6 Å². The van der Waals surface area contributed by atoms with Crippen LogP contribution in [-0.4, -0.2) is 42.4 Å². The van der Waals surface area contributed by atoms with Crippen LogP contribution in [0.25, 0.3) is 10.9 Å². The Morgan fingerprint density at radius 3 is 3.08 bits per heavy atom. The number of nitrogens with zero attached hydrogens (tertiary/aromatic N) is 1. The highest BCUT2D eigenvalue weighted by Gasteiger charge is 2.58. The molecule has 0 amide bonds. The third kappa shape index (κ3) is 1.95. The first-order valence-electron chi connectivity index (χ1n) is 9.59. The second kappa shape index (κ2) is 5.34. The number of hydrogen-bond donors (Lipinski definition) is 1. The molecule has 3 aliphatic heterocycles. The van der Waals surface area contributed by atoms with Gasteiger partial charge < -0.3 is 14.5 Å². The Kier molecular flexibility index (Phi) is 3.30. The number of fused-ring (bicyclic) bond motifs is 4. The van der Waals surface area contributed by atoms with Crippen molar-refractivity contribution in [2.45, 2.75) is 44.1 Å². The second-order valence-electron chi connectivity index (χ2n) is 8.21. The lowest BCUT2D eigenvalue weighted by molar-refractivity contribution is -0.126. The van der Waals surface area contributed by atoms with Crippen molar-refractivity contribution in [1.29, 1.82) is 0 Å². The molecule has 1 saturated carbocycles. The van der Waals surface area contributed by atoms with Crippen LogP contribution in [0.2, 0.25) is 0 Å². The molecular formula is C21H26N2O2. The molecule has 1 aromatic carbocycles. The molecule has 0 radical (unpaired) electrons. The van der Waals surface area contributed by atoms with Crippen molar-refractivity contribution in [2.75, 3.05) is 20.2 Å². The molecule has 1 aliphatic carbocycles. The first-order chi connectivity index (χ1) is 12.2. The summed E-state index contributed by atoms with van der Waals surface area (Å²) in [6, 6.07) is 6.58. The average Bonchev–Trinajstić information content (AvgIpc) is 2.99. The summed E-state index contributed by atoms with van der Waals surface area (Å²) in [6.07, 6.45) is 5.76. The zero-order valence-corrected chi connectivity index (χ0v) is 15.0. The summed E-state index contributed by atoms with van der Waals surface area (Å²) in [5.74, 6) is 2.16. The van der Waals surface area contributed by atoms with Gasteiger partial charge in [0.15, 0.2) is 0 Å². The van der Waals surface area contributed by atoms with Gasteiger partial charge in [0, 0.05) is 35.7 Å². The van der Waals surface area contributed by atoms with Crippen LogP contribution in [0.4, 0.5) is 0 Å². The van der Waals surface area contributed by atoms with Gasteiger partial charge >= 0.3 is 0 Å². The average molecular weight is 338 g/mol. The Labute approximate surface area is 148 Å². The highest BCUT2D eigenvalue weighted by molar-refractivity contribution is 5.89. The summed E-state index contributed by atoms with van der Waals surface area (Å²) in [5, 5.41) is 1.23. The molecular weight excluding hydrogens is 312 g/mol. The minimum absolute atomic E-state index is 0.358. The molecule has 2 saturated heterocycles. The number of nitrogens with one attached hydrogen (secondary N) is 1.